The number of carbonyl (C=O) groups is 1. The van der Waals surface area contributed by atoms with Crippen molar-refractivity contribution >= 4 is 62.0 Å². The van der Waals surface area contributed by atoms with Crippen LogP contribution in [0.2, 0.25) is 10.0 Å². The van der Waals surface area contributed by atoms with Gasteiger partial charge < -0.3 is 51.0 Å². The number of nitrogens with one attached hydrogen (secondary N) is 2. The maximum Gasteiger partial charge on any atom is 0.407 e. The van der Waals surface area contributed by atoms with Gasteiger partial charge in [0.25, 0.3) is 0 Å². The van der Waals surface area contributed by atoms with E-state index in [9.17, 15) is 33.6 Å². The van der Waals surface area contributed by atoms with Gasteiger partial charge in [-0.3, -0.25) is 4.57 Å². The number of benzene rings is 3. The zero-order valence-corrected chi connectivity index (χ0v) is 35.6. The van der Waals surface area contributed by atoms with Gasteiger partial charge in [-0.25, -0.2) is 18.2 Å². The highest BCUT2D eigenvalue weighted by molar-refractivity contribution is 7.89. The van der Waals surface area contributed by atoms with Crippen LogP contribution in [0.3, 0.4) is 0 Å². The Bertz CT molecular complexity index is 2090. The first-order chi connectivity index (χ1) is 28.0. The van der Waals surface area contributed by atoms with Crippen molar-refractivity contribution in [1.29, 1.82) is 0 Å². The number of carbonyl (C=O) groups excluding carboxylic acids is 1. The predicted molar refractivity (Wildman–Crippen MR) is 225 cm³/mol. The molecular formula is C40H54Cl2N6O10S. The fraction of sp³-hybridized carbons (Fsp3) is 0.500. The lowest BCUT2D eigenvalue weighted by molar-refractivity contribution is -0.0499. The minimum Gasteiger partial charge on any atom is -0.444 e. The van der Waals surface area contributed by atoms with Gasteiger partial charge in [-0.2, -0.15) is 4.31 Å². The van der Waals surface area contributed by atoms with E-state index in [1.54, 1.807) is 16.7 Å². The largest absolute Gasteiger partial charge is 0.444 e. The second-order valence-electron chi connectivity index (χ2n) is 15.3. The first kappa shape index (κ1) is 46.3. The molecule has 2 fully saturated rings. The number of rotatable bonds is 15. The fourth-order valence-corrected chi connectivity index (χ4v) is 8.64. The summed E-state index contributed by atoms with van der Waals surface area (Å²) in [7, 11) is -3.90. The molecule has 2 saturated heterocycles. The molecule has 6 rings (SSSR count). The number of nitrogen functional groups attached to an aromatic ring is 1. The number of anilines is 2. The van der Waals surface area contributed by atoms with Crippen molar-refractivity contribution < 1.29 is 47.8 Å². The average molecular weight is 882 g/mol. The van der Waals surface area contributed by atoms with E-state index in [1.165, 1.54) is 28.6 Å². The quantitative estimate of drug-likeness (QED) is 0.0833. The second-order valence-corrected chi connectivity index (χ2v) is 18.0. The van der Waals surface area contributed by atoms with Crippen LogP contribution in [0.1, 0.15) is 45.9 Å². The molecule has 8 N–H and O–H groups in total. The standard InChI is InChI=1S/C25H35N3O6S.C15H19Cl2N3O4/c1-18(2)15-28(35(31,32)22-10-8-20(26)9-11-22)16-24(29)23(14-19-6-4-3-5-7-19)27-25(30)34-21-12-13-33-17-21;1-6(2)18-15-19-9-3-7(16)8(17)4-10(9)20(15)14-13(23)12(22)11(5-21)24-14/h3-11,18,21,23-24,29H,12-17,26H2,1-2H3,(H,27,30);3-4,6,11-14,21-23H,5H2,1-2H3,(H,18,19)/t21-,23-,24+;11-,12-,13-,14-/m00/s1. The molecule has 1 amide bonds. The first-order valence-corrected chi connectivity index (χ1v) is 21.6. The molecule has 2 aliphatic rings. The Labute approximate surface area is 354 Å². The van der Waals surface area contributed by atoms with Crippen LogP contribution in [0.4, 0.5) is 16.4 Å². The van der Waals surface area contributed by atoms with E-state index in [0.717, 1.165) is 5.56 Å². The number of aromatic nitrogens is 2. The number of nitrogens with two attached hydrogens (primary N) is 1. The summed E-state index contributed by atoms with van der Waals surface area (Å²) in [4.78, 5) is 17.1. The number of nitrogens with zero attached hydrogens (tertiary/aromatic N) is 3. The predicted octanol–water partition coefficient (Wildman–Crippen LogP) is 4.18. The third-order valence-electron chi connectivity index (χ3n) is 9.63. The van der Waals surface area contributed by atoms with Gasteiger partial charge in [0, 0.05) is 31.2 Å². The van der Waals surface area contributed by atoms with Crippen molar-refractivity contribution in [3.63, 3.8) is 0 Å². The number of alkyl carbamates (subject to hydrolysis) is 1. The minimum atomic E-state index is -3.90. The summed E-state index contributed by atoms with van der Waals surface area (Å²) in [6.45, 7) is 8.16. The van der Waals surface area contributed by atoms with Crippen LogP contribution in [0, 0.1) is 5.92 Å². The Morgan fingerprint density at radius 2 is 1.71 bits per heavy atom. The number of hydrogen-bond donors (Lipinski definition) is 7. The molecule has 3 aromatic carbocycles. The molecule has 19 heteroatoms. The van der Waals surface area contributed by atoms with Crippen molar-refractivity contribution in [3.8, 4) is 0 Å². The van der Waals surface area contributed by atoms with Crippen LogP contribution in [-0.4, -0.2) is 124 Å². The zero-order chi connectivity index (χ0) is 43.0. The summed E-state index contributed by atoms with van der Waals surface area (Å²) in [6, 6.07) is 17.9. The topological polar surface area (TPSA) is 231 Å². The Balaban J connectivity index is 0.000000240. The summed E-state index contributed by atoms with van der Waals surface area (Å²) < 4.78 is 46.0. The van der Waals surface area contributed by atoms with Gasteiger partial charge in [-0.1, -0.05) is 67.4 Å². The summed E-state index contributed by atoms with van der Waals surface area (Å²) in [6.07, 6.45) is -5.50. The van der Waals surface area contributed by atoms with Crippen LogP contribution in [0.25, 0.3) is 11.0 Å². The number of amides is 1. The Morgan fingerprint density at radius 3 is 2.31 bits per heavy atom. The highest BCUT2D eigenvalue weighted by atomic mass is 35.5. The summed E-state index contributed by atoms with van der Waals surface area (Å²) in [5.41, 5.74) is 8.23. The van der Waals surface area contributed by atoms with E-state index >= 15 is 0 Å². The molecule has 0 aliphatic carbocycles. The molecule has 0 radical (unpaired) electrons. The van der Waals surface area contributed by atoms with Crippen LogP contribution in [0.5, 0.6) is 0 Å². The van der Waals surface area contributed by atoms with E-state index in [2.05, 4.69) is 15.6 Å². The van der Waals surface area contributed by atoms with Crippen LogP contribution >= 0.6 is 23.2 Å². The molecule has 3 heterocycles. The third-order valence-corrected chi connectivity index (χ3v) is 12.2. The number of aliphatic hydroxyl groups excluding tert-OH is 4. The van der Waals surface area contributed by atoms with Gasteiger partial charge in [0.15, 0.2) is 6.23 Å². The normalized spacial score (nSPS) is 21.7. The SMILES string of the molecule is CC(C)CN(C[C@@H](O)[C@H](Cc1ccccc1)NC(=O)O[C@H]1CCOC1)S(=O)(=O)c1ccc(N)cc1.CC(C)Nc1nc2cc(Cl)c(Cl)cc2n1[C@H]1O[C@@H](CO)[C@H](O)[C@@H]1O. The van der Waals surface area contributed by atoms with Crippen molar-refractivity contribution in [2.24, 2.45) is 5.92 Å². The van der Waals surface area contributed by atoms with Crippen molar-refractivity contribution in [2.75, 3.05) is 44.0 Å². The number of hydrogen-bond acceptors (Lipinski definition) is 13. The van der Waals surface area contributed by atoms with Gasteiger partial charge in [0.1, 0.15) is 24.4 Å². The van der Waals surface area contributed by atoms with Crippen molar-refractivity contribution in [2.45, 2.75) is 94.3 Å². The molecule has 0 unspecified atom stereocenters. The lowest BCUT2D eigenvalue weighted by Crippen LogP contribution is -2.51. The first-order valence-electron chi connectivity index (χ1n) is 19.4. The fourth-order valence-electron chi connectivity index (χ4n) is 6.70. The second kappa shape index (κ2) is 20.7. The Hall–Kier alpha value is -3.75. The van der Waals surface area contributed by atoms with Gasteiger partial charge in [0.05, 0.1) is 57.9 Å². The van der Waals surface area contributed by atoms with Gasteiger partial charge in [0.2, 0.25) is 16.0 Å². The molecule has 2 aliphatic heterocycles. The number of halogens is 2. The van der Waals surface area contributed by atoms with E-state index in [-0.39, 0.29) is 36.0 Å². The monoisotopic (exact) mass is 880 g/mol. The molecule has 16 nitrogen and oxygen atoms in total. The van der Waals surface area contributed by atoms with E-state index in [4.69, 9.17) is 43.1 Å². The molecule has 1 aromatic heterocycles. The van der Waals surface area contributed by atoms with Crippen molar-refractivity contribution in [1.82, 2.24) is 19.2 Å². The average Bonchev–Trinajstić information content (AvgIpc) is 3.89. The van der Waals surface area contributed by atoms with E-state index in [1.807, 2.05) is 58.0 Å². The minimum absolute atomic E-state index is 0.0126. The van der Waals surface area contributed by atoms with Crippen molar-refractivity contribution in [3.05, 3.63) is 82.3 Å². The maximum atomic E-state index is 13.4. The maximum absolute atomic E-state index is 13.4. The smallest absolute Gasteiger partial charge is 0.407 e. The molecule has 7 atom stereocenters. The molecule has 0 bridgehead atoms. The zero-order valence-electron chi connectivity index (χ0n) is 33.3. The van der Waals surface area contributed by atoms with E-state index in [0.29, 0.717) is 58.8 Å². The van der Waals surface area contributed by atoms with E-state index < -0.39 is 59.4 Å². The van der Waals surface area contributed by atoms with Gasteiger partial charge in [-0.05, 0) is 68.1 Å². The molecule has 324 valence electrons. The Kier molecular flexibility index (Phi) is 16.2. The molecule has 59 heavy (non-hydrogen) atoms. The van der Waals surface area contributed by atoms with Crippen LogP contribution in [0.15, 0.2) is 71.6 Å². The van der Waals surface area contributed by atoms with Gasteiger partial charge >= 0.3 is 6.09 Å². The summed E-state index contributed by atoms with van der Waals surface area (Å²) in [5, 5.41) is 47.5. The highest BCUT2D eigenvalue weighted by Gasteiger charge is 2.45. The van der Waals surface area contributed by atoms with Crippen LogP contribution < -0.4 is 16.4 Å². The number of imidazole rings is 1. The number of fused-ring (bicyclic) bond motifs is 1. The number of aliphatic hydroxyl groups is 4. The molecule has 4 aromatic rings. The summed E-state index contributed by atoms with van der Waals surface area (Å²) >= 11 is 12.2. The third kappa shape index (κ3) is 12.0. The lowest BCUT2D eigenvalue weighted by Gasteiger charge is -2.30. The molecule has 0 spiro atoms. The molecule has 0 saturated carbocycles. The van der Waals surface area contributed by atoms with Crippen LogP contribution in [-0.2, 0) is 30.7 Å². The Morgan fingerprint density at radius 1 is 1.03 bits per heavy atom. The van der Waals surface area contributed by atoms with Gasteiger partial charge in [-0.15, -0.1) is 0 Å². The number of ether oxygens (including phenoxy) is 3. The molecular weight excluding hydrogens is 827 g/mol. The number of sulfonamides is 1. The lowest BCUT2D eigenvalue weighted by atomic mass is 10.0. The summed E-state index contributed by atoms with van der Waals surface area (Å²) in [5.74, 6) is 0.465. The highest BCUT2D eigenvalue weighted by Crippen LogP contribution is 2.37.